The second kappa shape index (κ2) is 15.6. The summed E-state index contributed by atoms with van der Waals surface area (Å²) in [6.45, 7) is 8.42. The second-order valence-corrected chi connectivity index (χ2v) is 23.7. The van der Waals surface area contributed by atoms with Crippen LogP contribution in [0.15, 0.2) is 137 Å². The molecule has 278 valence electrons. The van der Waals surface area contributed by atoms with E-state index in [0.717, 1.165) is 21.5 Å². The van der Waals surface area contributed by atoms with Crippen molar-refractivity contribution in [2.75, 3.05) is 6.61 Å². The third-order valence-corrected chi connectivity index (χ3v) is 19.7. The average Bonchev–Trinajstić information content (AvgIpc) is 3.55. The molecule has 0 radical (unpaired) electrons. The normalized spacial score (nSPS) is 23.8. The van der Waals surface area contributed by atoms with Crippen molar-refractivity contribution in [1.29, 1.82) is 0 Å². The fourth-order valence-electron chi connectivity index (χ4n) is 7.58. The van der Waals surface area contributed by atoms with Gasteiger partial charge in [-0.1, -0.05) is 0 Å². The van der Waals surface area contributed by atoms with E-state index in [-0.39, 0.29) is 23.3 Å². The van der Waals surface area contributed by atoms with Gasteiger partial charge in [-0.05, 0) is 0 Å². The van der Waals surface area contributed by atoms with E-state index in [1.165, 1.54) is 22.1 Å². The molecule has 0 amide bonds. The van der Waals surface area contributed by atoms with E-state index in [4.69, 9.17) is 18.2 Å². The van der Waals surface area contributed by atoms with Crippen molar-refractivity contribution in [1.82, 2.24) is 9.55 Å². The van der Waals surface area contributed by atoms with Gasteiger partial charge in [-0.15, -0.1) is 0 Å². The molecule has 7 rings (SSSR count). The van der Waals surface area contributed by atoms with Gasteiger partial charge in [0.1, 0.15) is 0 Å². The fourth-order valence-corrected chi connectivity index (χ4v) is 17.3. The monoisotopic (exact) mass is 770 g/mol. The summed E-state index contributed by atoms with van der Waals surface area (Å²) in [6, 6.07) is 40.8. The molecular weight excluding hydrogens is 724 g/mol. The van der Waals surface area contributed by atoms with Crippen molar-refractivity contribution in [3.63, 3.8) is 0 Å². The minimum absolute atomic E-state index is 0.0822. The summed E-state index contributed by atoms with van der Waals surface area (Å²) in [5.74, 6) is 0. The van der Waals surface area contributed by atoms with Gasteiger partial charge in [0.15, 0.2) is 0 Å². The molecule has 3 heterocycles. The van der Waals surface area contributed by atoms with Crippen LogP contribution < -0.4 is 21.6 Å². The molecule has 2 fully saturated rings. The molecular formula is C41H47N2O7PSSi. The average molecular weight is 771 g/mol. The van der Waals surface area contributed by atoms with Gasteiger partial charge in [0.05, 0.1) is 0 Å². The Balaban J connectivity index is 1.26. The quantitative estimate of drug-likeness (QED) is 0.114. The van der Waals surface area contributed by atoms with Crippen LogP contribution in [0.2, 0.25) is 5.04 Å². The summed E-state index contributed by atoms with van der Waals surface area (Å²) in [5.41, 5.74) is 1.40. The van der Waals surface area contributed by atoms with Crippen LogP contribution in [-0.2, 0) is 18.2 Å². The zero-order valence-electron chi connectivity index (χ0n) is 30.4. The van der Waals surface area contributed by atoms with E-state index in [0.29, 0.717) is 12.0 Å². The summed E-state index contributed by atoms with van der Waals surface area (Å²) in [5, 5.41) is 1.86. The zero-order chi connectivity index (χ0) is 37.2. The first-order chi connectivity index (χ1) is 25.5. The number of benzene rings is 4. The Morgan fingerprint density at radius 2 is 1.40 bits per heavy atom. The summed E-state index contributed by atoms with van der Waals surface area (Å²) in [4.78, 5) is 40.4. The molecule has 2 N–H and O–H groups in total. The molecule has 2 aliphatic heterocycles. The van der Waals surface area contributed by atoms with Crippen molar-refractivity contribution < 1.29 is 23.1 Å². The van der Waals surface area contributed by atoms with Gasteiger partial charge in [-0.2, -0.15) is 0 Å². The first-order valence-electron chi connectivity index (χ1n) is 18.0. The Hall–Kier alpha value is -3.64. The first kappa shape index (κ1) is 37.7. The number of hydrogen-bond donors (Lipinski definition) is 2. The third-order valence-electron chi connectivity index (χ3n) is 10.2. The molecule has 0 aliphatic carbocycles. The number of hydrogen-bond acceptors (Lipinski definition) is 8. The van der Waals surface area contributed by atoms with E-state index in [1.807, 2.05) is 84.9 Å². The molecule has 1 aromatic heterocycles. The van der Waals surface area contributed by atoms with Crippen LogP contribution in [0.4, 0.5) is 0 Å². The van der Waals surface area contributed by atoms with Crippen LogP contribution in [0.3, 0.4) is 0 Å². The molecule has 4 aromatic carbocycles. The van der Waals surface area contributed by atoms with Crippen LogP contribution >= 0.6 is 18.5 Å². The number of aromatic nitrogens is 2. The summed E-state index contributed by atoms with van der Waals surface area (Å²) >= 11 is 1.35. The molecule has 2 aliphatic rings. The zero-order valence-corrected chi connectivity index (χ0v) is 33.2. The van der Waals surface area contributed by atoms with Crippen LogP contribution in [-0.4, -0.2) is 41.6 Å². The molecule has 5 atom stereocenters. The SMILES string of the molecule is Cc1cn([C@H]2C[C@H](O[PH]3(O)O[C@@H](c4ccccc4)C[C@H](c4ccccc4)S3)[C@@H](CO[Si](c3ccccc3)(c3ccccc3)C(C)(C)C)O2)c(=O)[nH]c1=O. The number of aryl methyl sites for hydroxylation is 1. The summed E-state index contributed by atoms with van der Waals surface area (Å²) in [7, 11) is -6.99. The predicted molar refractivity (Wildman–Crippen MR) is 215 cm³/mol. The number of nitrogens with one attached hydrogen (secondary N) is 1. The van der Waals surface area contributed by atoms with E-state index < -0.39 is 51.3 Å². The Morgan fingerprint density at radius 3 is 1.96 bits per heavy atom. The predicted octanol–water partition coefficient (Wildman–Crippen LogP) is 7.13. The van der Waals surface area contributed by atoms with Gasteiger partial charge in [-0.25, -0.2) is 0 Å². The summed E-state index contributed by atoms with van der Waals surface area (Å²) in [6.07, 6.45) is -0.158. The maximum absolute atomic E-state index is 13.2. The molecule has 2 saturated heterocycles. The van der Waals surface area contributed by atoms with Crippen molar-refractivity contribution in [3.05, 3.63) is 165 Å². The molecule has 0 bridgehead atoms. The van der Waals surface area contributed by atoms with Crippen molar-refractivity contribution in [2.45, 2.75) is 75.4 Å². The minimum atomic E-state index is -3.99. The van der Waals surface area contributed by atoms with E-state index >= 15 is 0 Å². The second-order valence-electron chi connectivity index (χ2n) is 14.8. The molecule has 12 heteroatoms. The Morgan fingerprint density at radius 1 is 0.849 bits per heavy atom. The van der Waals surface area contributed by atoms with Gasteiger partial charge < -0.3 is 0 Å². The van der Waals surface area contributed by atoms with Gasteiger partial charge in [0, 0.05) is 0 Å². The molecule has 0 unspecified atom stereocenters. The van der Waals surface area contributed by atoms with Gasteiger partial charge in [0.25, 0.3) is 0 Å². The van der Waals surface area contributed by atoms with Crippen LogP contribution in [0.5, 0.6) is 0 Å². The standard InChI is InChI=1S/C41H47N2O7PSSi/c1-29-27-43(40(45)42-39(29)44)38-26-35(50-51(46)49-34(30-17-9-5-10-18-30)25-37(52-51)31-19-11-6-12-20-31)36(48-38)28-47-53(41(2,3)4,32-21-13-7-14-22-32)33-23-15-8-16-24-33/h5-24,27,34-38,46,51H,25-26,28H2,1-4H3,(H,42,44,45)/t34-,35+,36-,37-,38-/m1/s1. The number of nitrogens with zero attached hydrogens (tertiary/aromatic N) is 1. The Labute approximate surface area is 315 Å². The van der Waals surface area contributed by atoms with Gasteiger partial charge in [-0.3, -0.25) is 0 Å². The number of rotatable bonds is 10. The third kappa shape index (κ3) is 7.95. The topological polar surface area (TPSA) is 112 Å². The van der Waals surface area contributed by atoms with Gasteiger partial charge in [0.2, 0.25) is 0 Å². The molecule has 5 aromatic rings. The molecule has 0 saturated carbocycles. The molecule has 53 heavy (non-hydrogen) atoms. The Kier molecular flexibility index (Phi) is 11.1. The Bertz CT molecular complexity index is 2010. The molecule has 0 spiro atoms. The molecule has 9 nitrogen and oxygen atoms in total. The van der Waals surface area contributed by atoms with Crippen molar-refractivity contribution >= 4 is 37.2 Å². The number of H-pyrrole nitrogens is 1. The maximum atomic E-state index is 13.2. The van der Waals surface area contributed by atoms with Crippen molar-refractivity contribution in [3.8, 4) is 0 Å². The fraction of sp³-hybridized carbons (Fsp3) is 0.317. The number of aromatic amines is 1. The number of ether oxygens (including phenoxy) is 1. The van der Waals surface area contributed by atoms with Crippen LogP contribution in [0, 0.1) is 6.92 Å². The van der Waals surface area contributed by atoms with E-state index in [1.54, 1.807) is 6.92 Å². The first-order valence-corrected chi connectivity index (χ1v) is 23.3. The van der Waals surface area contributed by atoms with E-state index in [9.17, 15) is 14.5 Å². The van der Waals surface area contributed by atoms with Crippen LogP contribution in [0.1, 0.15) is 67.9 Å². The van der Waals surface area contributed by atoms with E-state index in [2.05, 4.69) is 62.2 Å². The van der Waals surface area contributed by atoms with Crippen LogP contribution in [0.25, 0.3) is 0 Å². The summed E-state index contributed by atoms with van der Waals surface area (Å²) < 4.78 is 28.8. The van der Waals surface area contributed by atoms with Gasteiger partial charge >= 0.3 is 317 Å². The van der Waals surface area contributed by atoms with Crippen molar-refractivity contribution in [2.24, 2.45) is 0 Å².